The molecule has 0 saturated carbocycles. The van der Waals surface area contributed by atoms with Crippen molar-refractivity contribution in [2.75, 3.05) is 25.1 Å². The highest BCUT2D eigenvalue weighted by molar-refractivity contribution is 7.90. The molecule has 0 aliphatic carbocycles. The molecule has 6 rings (SSSR count). The molecule has 1 fully saturated rings. The lowest BCUT2D eigenvalue weighted by Gasteiger charge is -2.28. The van der Waals surface area contributed by atoms with E-state index < -0.39 is 10.0 Å². The SMILES string of the molecule is COc1ccc(-c2cn(S(=O)(=O)c3ccc(C)cc3)c3ncc(-c4ccc(N5CCC(=O)CC5)cc4)cc23)cn1. The Bertz CT molecular complexity index is 1800. The fourth-order valence-electron chi connectivity index (χ4n) is 5.01. The number of pyridine rings is 2. The van der Waals surface area contributed by atoms with Gasteiger partial charge in [0.15, 0.2) is 5.65 Å². The number of methoxy groups -OCH3 is 1. The lowest BCUT2D eigenvalue weighted by Crippen LogP contribution is -2.33. The molecule has 8 nitrogen and oxygen atoms in total. The van der Waals surface area contributed by atoms with Gasteiger partial charge in [-0.05, 0) is 48.9 Å². The second-order valence-corrected chi connectivity index (χ2v) is 11.7. The van der Waals surface area contributed by atoms with Gasteiger partial charge in [-0.1, -0.05) is 29.8 Å². The number of ketones is 1. The fourth-order valence-corrected chi connectivity index (χ4v) is 6.34. The van der Waals surface area contributed by atoms with E-state index in [0.717, 1.165) is 41.0 Å². The van der Waals surface area contributed by atoms with Crippen LogP contribution in [0.25, 0.3) is 33.3 Å². The third kappa shape index (κ3) is 4.73. The van der Waals surface area contributed by atoms with Crippen molar-refractivity contribution in [1.82, 2.24) is 13.9 Å². The van der Waals surface area contributed by atoms with Crippen LogP contribution in [-0.4, -0.2) is 48.3 Å². The summed E-state index contributed by atoms with van der Waals surface area (Å²) in [6.07, 6.45) is 6.14. The maximum Gasteiger partial charge on any atom is 0.269 e. The van der Waals surface area contributed by atoms with Crippen molar-refractivity contribution in [3.8, 4) is 28.1 Å². The molecule has 2 aromatic carbocycles. The molecular formula is C31H28N4O4S. The highest BCUT2D eigenvalue weighted by atomic mass is 32.2. The Balaban J connectivity index is 1.45. The van der Waals surface area contributed by atoms with Gasteiger partial charge in [0.1, 0.15) is 5.78 Å². The second kappa shape index (κ2) is 10.2. The van der Waals surface area contributed by atoms with Gasteiger partial charge in [0, 0.05) is 78.4 Å². The standard InChI is InChI=1S/C31H28N4O4S/c1-21-3-10-27(11-4-21)40(37,38)35-20-29(23-7-12-30(39-2)32-18-23)28-17-24(19-33-31(28)35)22-5-8-25(9-6-22)34-15-13-26(36)14-16-34/h3-12,17-20H,13-16H2,1-2H3. The molecule has 5 aromatic rings. The molecule has 1 aliphatic rings. The molecular weight excluding hydrogens is 524 g/mol. The number of rotatable bonds is 6. The van der Waals surface area contributed by atoms with Crippen molar-refractivity contribution in [1.29, 1.82) is 0 Å². The van der Waals surface area contributed by atoms with Crippen molar-refractivity contribution in [3.05, 3.63) is 90.9 Å². The first-order valence-corrected chi connectivity index (χ1v) is 14.5. The van der Waals surface area contributed by atoms with Gasteiger partial charge in [-0.25, -0.2) is 22.4 Å². The summed E-state index contributed by atoms with van der Waals surface area (Å²) >= 11 is 0. The summed E-state index contributed by atoms with van der Waals surface area (Å²) in [6, 6.07) is 20.5. The van der Waals surface area contributed by atoms with Crippen LogP contribution in [0.3, 0.4) is 0 Å². The molecule has 1 saturated heterocycles. The van der Waals surface area contributed by atoms with Crippen molar-refractivity contribution < 1.29 is 17.9 Å². The number of fused-ring (bicyclic) bond motifs is 1. The van der Waals surface area contributed by atoms with Crippen LogP contribution in [-0.2, 0) is 14.8 Å². The number of Topliss-reactive ketones (excluding diaryl/α,β-unsaturated/α-hetero) is 1. The molecule has 9 heteroatoms. The highest BCUT2D eigenvalue weighted by Gasteiger charge is 2.24. The zero-order valence-electron chi connectivity index (χ0n) is 22.2. The van der Waals surface area contributed by atoms with Crippen LogP contribution in [0, 0.1) is 6.92 Å². The topological polar surface area (TPSA) is 94.4 Å². The fraction of sp³-hybridized carbons (Fsp3) is 0.194. The lowest BCUT2D eigenvalue weighted by molar-refractivity contribution is -0.119. The average molecular weight is 553 g/mol. The minimum atomic E-state index is -3.90. The molecule has 3 aromatic heterocycles. The summed E-state index contributed by atoms with van der Waals surface area (Å²) in [7, 11) is -2.35. The molecule has 0 spiro atoms. The van der Waals surface area contributed by atoms with E-state index in [4.69, 9.17) is 4.74 Å². The van der Waals surface area contributed by atoms with Gasteiger partial charge in [0.05, 0.1) is 12.0 Å². The van der Waals surface area contributed by atoms with Crippen LogP contribution < -0.4 is 9.64 Å². The van der Waals surface area contributed by atoms with E-state index in [2.05, 4.69) is 27.0 Å². The third-order valence-electron chi connectivity index (χ3n) is 7.33. The van der Waals surface area contributed by atoms with E-state index in [0.29, 0.717) is 41.1 Å². The number of piperidine rings is 1. The number of carbonyl (C=O) groups is 1. The molecule has 0 atom stereocenters. The number of benzene rings is 2. The van der Waals surface area contributed by atoms with E-state index in [1.54, 1.807) is 56.0 Å². The number of nitrogens with zero attached hydrogens (tertiary/aromatic N) is 4. The molecule has 4 heterocycles. The molecule has 0 bridgehead atoms. The molecule has 0 amide bonds. The van der Waals surface area contributed by atoms with Crippen LogP contribution in [0.15, 0.2) is 90.2 Å². The van der Waals surface area contributed by atoms with E-state index >= 15 is 0 Å². The minimum Gasteiger partial charge on any atom is -0.481 e. The first-order chi connectivity index (χ1) is 19.3. The van der Waals surface area contributed by atoms with E-state index in [9.17, 15) is 13.2 Å². The highest BCUT2D eigenvalue weighted by Crippen LogP contribution is 2.35. The van der Waals surface area contributed by atoms with Crippen LogP contribution in [0.1, 0.15) is 18.4 Å². The zero-order valence-corrected chi connectivity index (χ0v) is 23.1. The quantitative estimate of drug-likeness (QED) is 0.275. The first-order valence-electron chi connectivity index (χ1n) is 13.0. The van der Waals surface area contributed by atoms with Gasteiger partial charge in [-0.15, -0.1) is 0 Å². The predicted octanol–water partition coefficient (Wildman–Crippen LogP) is 5.49. The van der Waals surface area contributed by atoms with Gasteiger partial charge in [0.2, 0.25) is 5.88 Å². The Kier molecular flexibility index (Phi) is 6.59. The second-order valence-electron chi connectivity index (χ2n) is 9.91. The average Bonchev–Trinajstić information content (AvgIpc) is 3.38. The van der Waals surface area contributed by atoms with Gasteiger partial charge in [0.25, 0.3) is 10.0 Å². The summed E-state index contributed by atoms with van der Waals surface area (Å²) in [6.45, 7) is 3.38. The summed E-state index contributed by atoms with van der Waals surface area (Å²) in [5.41, 5.74) is 5.65. The summed E-state index contributed by atoms with van der Waals surface area (Å²) < 4.78 is 33.9. The van der Waals surface area contributed by atoms with E-state index in [1.165, 1.54) is 3.97 Å². The number of aromatic nitrogens is 3. The number of ether oxygens (including phenoxy) is 1. The van der Waals surface area contributed by atoms with Gasteiger partial charge in [-0.3, -0.25) is 4.79 Å². The monoisotopic (exact) mass is 552 g/mol. The van der Waals surface area contributed by atoms with Crippen LogP contribution in [0.2, 0.25) is 0 Å². The van der Waals surface area contributed by atoms with Crippen LogP contribution in [0.5, 0.6) is 5.88 Å². The number of aryl methyl sites for hydroxylation is 1. The lowest BCUT2D eigenvalue weighted by atomic mass is 10.0. The number of hydrogen-bond acceptors (Lipinski definition) is 7. The van der Waals surface area contributed by atoms with E-state index in [1.807, 2.05) is 31.2 Å². The normalized spacial score (nSPS) is 14.1. The van der Waals surface area contributed by atoms with Crippen LogP contribution in [0.4, 0.5) is 5.69 Å². The largest absolute Gasteiger partial charge is 0.481 e. The molecule has 0 radical (unpaired) electrons. The maximum absolute atomic E-state index is 13.7. The third-order valence-corrected chi connectivity index (χ3v) is 9.00. The maximum atomic E-state index is 13.7. The van der Waals surface area contributed by atoms with Crippen molar-refractivity contribution in [3.63, 3.8) is 0 Å². The summed E-state index contributed by atoms with van der Waals surface area (Å²) in [5, 5.41) is 0.693. The Labute approximate surface area is 232 Å². The zero-order chi connectivity index (χ0) is 27.9. The van der Waals surface area contributed by atoms with Crippen molar-refractivity contribution >= 4 is 32.5 Å². The smallest absolute Gasteiger partial charge is 0.269 e. The van der Waals surface area contributed by atoms with Crippen molar-refractivity contribution in [2.45, 2.75) is 24.7 Å². The molecule has 202 valence electrons. The number of hydrogen-bond donors (Lipinski definition) is 0. The molecule has 40 heavy (non-hydrogen) atoms. The van der Waals surface area contributed by atoms with Gasteiger partial charge >= 0.3 is 0 Å². The Hall–Kier alpha value is -4.50. The number of carbonyl (C=O) groups excluding carboxylic acids is 1. The van der Waals surface area contributed by atoms with Gasteiger partial charge in [-0.2, -0.15) is 0 Å². The predicted molar refractivity (Wildman–Crippen MR) is 155 cm³/mol. The molecule has 0 unspecified atom stereocenters. The Morgan fingerprint density at radius 3 is 2.15 bits per heavy atom. The summed E-state index contributed by atoms with van der Waals surface area (Å²) in [5.74, 6) is 0.781. The number of anilines is 1. The van der Waals surface area contributed by atoms with Crippen LogP contribution >= 0.6 is 0 Å². The molecule has 1 aliphatic heterocycles. The first kappa shape index (κ1) is 25.8. The summed E-state index contributed by atoms with van der Waals surface area (Å²) in [4.78, 5) is 23.0. The van der Waals surface area contributed by atoms with E-state index in [-0.39, 0.29) is 4.90 Å². The Morgan fingerprint density at radius 2 is 1.50 bits per heavy atom. The van der Waals surface area contributed by atoms with Gasteiger partial charge < -0.3 is 9.64 Å². The van der Waals surface area contributed by atoms with Crippen molar-refractivity contribution in [2.24, 2.45) is 0 Å². The molecule has 0 N–H and O–H groups in total. The Morgan fingerprint density at radius 1 is 0.825 bits per heavy atom. The minimum absolute atomic E-state index is 0.190.